The first-order valence-corrected chi connectivity index (χ1v) is 8.71. The van der Waals surface area contributed by atoms with Gasteiger partial charge in [0.05, 0.1) is 24.8 Å². The quantitative estimate of drug-likeness (QED) is 0.293. The standard InChI is InChI=1S/C17H24ClN3O2.HI/c1-2-19-17(21-15-11-14-7-8-16(15)23-14)20-9-10-22-13-5-3-12(18)4-6-13;/h3-6,14-16H,2,7-11H2,1H3,(H2,19,20,21);1H. The Kier molecular flexibility index (Phi) is 7.90. The second kappa shape index (κ2) is 9.68. The van der Waals surface area contributed by atoms with Gasteiger partial charge in [0.15, 0.2) is 5.96 Å². The number of rotatable bonds is 6. The van der Waals surface area contributed by atoms with Gasteiger partial charge in [-0.3, -0.25) is 0 Å². The maximum absolute atomic E-state index is 5.88. The number of hydrogen-bond donors (Lipinski definition) is 2. The van der Waals surface area contributed by atoms with Crippen LogP contribution in [0.5, 0.6) is 5.75 Å². The number of halogens is 2. The van der Waals surface area contributed by atoms with E-state index < -0.39 is 0 Å². The van der Waals surface area contributed by atoms with Crippen LogP contribution in [0.2, 0.25) is 5.02 Å². The zero-order valence-corrected chi connectivity index (χ0v) is 16.9. The van der Waals surface area contributed by atoms with Crippen molar-refractivity contribution < 1.29 is 9.47 Å². The minimum absolute atomic E-state index is 0. The average molecular weight is 466 g/mol. The zero-order chi connectivity index (χ0) is 16.1. The third-order valence-electron chi connectivity index (χ3n) is 4.22. The maximum atomic E-state index is 5.88. The molecule has 2 aliphatic rings. The monoisotopic (exact) mass is 465 g/mol. The number of guanidine groups is 1. The van der Waals surface area contributed by atoms with E-state index in [1.807, 2.05) is 24.3 Å². The predicted octanol–water partition coefficient (Wildman–Crippen LogP) is 3.21. The van der Waals surface area contributed by atoms with Crippen molar-refractivity contribution in [2.45, 2.75) is 44.4 Å². The molecule has 0 spiro atoms. The Morgan fingerprint density at radius 3 is 2.75 bits per heavy atom. The Balaban J connectivity index is 0.00000208. The first kappa shape index (κ1) is 19.6. The van der Waals surface area contributed by atoms with Crippen molar-refractivity contribution >= 4 is 41.5 Å². The second-order valence-corrected chi connectivity index (χ2v) is 6.36. The highest BCUT2D eigenvalue weighted by atomic mass is 127. The molecule has 7 heteroatoms. The Morgan fingerprint density at radius 1 is 1.33 bits per heavy atom. The smallest absolute Gasteiger partial charge is 0.191 e. The first-order chi connectivity index (χ1) is 11.2. The maximum Gasteiger partial charge on any atom is 0.191 e. The Morgan fingerprint density at radius 2 is 2.12 bits per heavy atom. The Bertz CT molecular complexity index is 541. The lowest BCUT2D eigenvalue weighted by Crippen LogP contribution is -2.47. The number of nitrogens with one attached hydrogen (secondary N) is 2. The summed E-state index contributed by atoms with van der Waals surface area (Å²) in [6.45, 7) is 4.04. The molecule has 3 unspecified atom stereocenters. The predicted molar refractivity (Wildman–Crippen MR) is 108 cm³/mol. The van der Waals surface area contributed by atoms with E-state index >= 15 is 0 Å². The van der Waals surface area contributed by atoms with Crippen LogP contribution in [0.15, 0.2) is 29.3 Å². The van der Waals surface area contributed by atoms with Crippen molar-refractivity contribution in [2.75, 3.05) is 19.7 Å². The zero-order valence-electron chi connectivity index (χ0n) is 13.8. The van der Waals surface area contributed by atoms with Crippen LogP contribution >= 0.6 is 35.6 Å². The van der Waals surface area contributed by atoms with Crippen molar-refractivity contribution in [2.24, 2.45) is 4.99 Å². The van der Waals surface area contributed by atoms with E-state index in [9.17, 15) is 0 Å². The molecule has 134 valence electrons. The van der Waals surface area contributed by atoms with E-state index in [1.54, 1.807) is 0 Å². The third kappa shape index (κ3) is 5.39. The molecule has 5 nitrogen and oxygen atoms in total. The average Bonchev–Trinajstić information content (AvgIpc) is 3.16. The Labute approximate surface area is 165 Å². The van der Waals surface area contributed by atoms with Gasteiger partial charge in [-0.2, -0.15) is 0 Å². The van der Waals surface area contributed by atoms with Crippen LogP contribution in [-0.2, 0) is 4.74 Å². The number of ether oxygens (including phenoxy) is 2. The molecule has 0 saturated carbocycles. The lowest BCUT2D eigenvalue weighted by atomic mass is 9.96. The van der Waals surface area contributed by atoms with Gasteiger partial charge in [0.2, 0.25) is 0 Å². The summed E-state index contributed by atoms with van der Waals surface area (Å²) in [6, 6.07) is 7.75. The number of fused-ring (bicyclic) bond motifs is 2. The molecule has 0 amide bonds. The van der Waals surface area contributed by atoms with Gasteiger partial charge in [-0.25, -0.2) is 4.99 Å². The molecule has 0 radical (unpaired) electrons. The molecular formula is C17H25ClIN3O2. The van der Waals surface area contributed by atoms with Gasteiger partial charge in [-0.1, -0.05) is 11.6 Å². The molecule has 3 atom stereocenters. The molecule has 2 saturated heterocycles. The van der Waals surface area contributed by atoms with E-state index in [2.05, 4.69) is 22.5 Å². The normalized spacial score (nSPS) is 25.2. The molecule has 2 bridgehead atoms. The molecule has 2 aliphatic heterocycles. The van der Waals surface area contributed by atoms with Gasteiger partial charge in [0.1, 0.15) is 12.4 Å². The van der Waals surface area contributed by atoms with Crippen molar-refractivity contribution in [1.29, 1.82) is 0 Å². The van der Waals surface area contributed by atoms with Gasteiger partial charge in [-0.15, -0.1) is 24.0 Å². The molecule has 2 heterocycles. The van der Waals surface area contributed by atoms with Crippen LogP contribution < -0.4 is 15.4 Å². The Hall–Kier alpha value is -0.730. The number of nitrogens with zero attached hydrogens (tertiary/aromatic N) is 1. The summed E-state index contributed by atoms with van der Waals surface area (Å²) in [7, 11) is 0. The summed E-state index contributed by atoms with van der Waals surface area (Å²) < 4.78 is 11.5. The number of aliphatic imine (C=N–C) groups is 1. The minimum atomic E-state index is 0. The second-order valence-electron chi connectivity index (χ2n) is 5.92. The minimum Gasteiger partial charge on any atom is -0.492 e. The summed E-state index contributed by atoms with van der Waals surface area (Å²) >= 11 is 5.85. The molecule has 1 aromatic carbocycles. The summed E-state index contributed by atoms with van der Waals surface area (Å²) in [6.07, 6.45) is 4.21. The van der Waals surface area contributed by atoms with Gasteiger partial charge < -0.3 is 20.1 Å². The molecule has 0 aliphatic carbocycles. The lowest BCUT2D eigenvalue weighted by molar-refractivity contribution is 0.0992. The van der Waals surface area contributed by atoms with E-state index in [4.69, 9.17) is 21.1 Å². The molecule has 0 aromatic heterocycles. The highest BCUT2D eigenvalue weighted by Crippen LogP contribution is 2.34. The van der Waals surface area contributed by atoms with E-state index in [-0.39, 0.29) is 24.0 Å². The molecule has 24 heavy (non-hydrogen) atoms. The molecule has 3 rings (SSSR count). The largest absolute Gasteiger partial charge is 0.492 e. The van der Waals surface area contributed by atoms with Crippen molar-refractivity contribution in [3.63, 3.8) is 0 Å². The van der Waals surface area contributed by atoms with Crippen molar-refractivity contribution in [1.82, 2.24) is 10.6 Å². The lowest BCUT2D eigenvalue weighted by Gasteiger charge is -2.22. The van der Waals surface area contributed by atoms with E-state index in [0.717, 1.165) is 31.1 Å². The van der Waals surface area contributed by atoms with Crippen molar-refractivity contribution in [3.05, 3.63) is 29.3 Å². The molecule has 1 aromatic rings. The van der Waals surface area contributed by atoms with E-state index in [1.165, 1.54) is 6.42 Å². The number of benzene rings is 1. The van der Waals surface area contributed by atoms with Crippen LogP contribution in [0.3, 0.4) is 0 Å². The first-order valence-electron chi connectivity index (χ1n) is 8.33. The van der Waals surface area contributed by atoms with Crippen LogP contribution in [0.25, 0.3) is 0 Å². The fraction of sp³-hybridized carbons (Fsp3) is 0.588. The van der Waals surface area contributed by atoms with Crippen LogP contribution in [0.1, 0.15) is 26.2 Å². The summed E-state index contributed by atoms with van der Waals surface area (Å²) in [5.74, 6) is 1.65. The summed E-state index contributed by atoms with van der Waals surface area (Å²) in [5, 5.41) is 7.49. The van der Waals surface area contributed by atoms with Gasteiger partial charge in [-0.05, 0) is 50.5 Å². The topological polar surface area (TPSA) is 54.9 Å². The SMILES string of the molecule is CCNC(=NCCOc1ccc(Cl)cc1)NC1CC2CCC1O2.I. The third-order valence-corrected chi connectivity index (χ3v) is 4.47. The summed E-state index contributed by atoms with van der Waals surface area (Å²) in [5.41, 5.74) is 0. The van der Waals surface area contributed by atoms with Crippen LogP contribution in [-0.4, -0.2) is 43.9 Å². The molecular weight excluding hydrogens is 441 g/mol. The molecule has 2 N–H and O–H groups in total. The number of hydrogen-bond acceptors (Lipinski definition) is 3. The highest BCUT2D eigenvalue weighted by Gasteiger charge is 2.41. The molecule has 2 fully saturated rings. The van der Waals surface area contributed by atoms with Crippen molar-refractivity contribution in [3.8, 4) is 5.75 Å². The fourth-order valence-corrected chi connectivity index (χ4v) is 3.26. The fourth-order valence-electron chi connectivity index (χ4n) is 3.14. The van der Waals surface area contributed by atoms with Crippen LogP contribution in [0, 0.1) is 0 Å². The van der Waals surface area contributed by atoms with Gasteiger partial charge in [0, 0.05) is 11.6 Å². The summed E-state index contributed by atoms with van der Waals surface area (Å²) in [4.78, 5) is 4.58. The van der Waals surface area contributed by atoms with Crippen LogP contribution in [0.4, 0.5) is 0 Å². The highest BCUT2D eigenvalue weighted by molar-refractivity contribution is 14.0. The van der Waals surface area contributed by atoms with Gasteiger partial charge in [0.25, 0.3) is 0 Å². The van der Waals surface area contributed by atoms with Gasteiger partial charge >= 0.3 is 0 Å². The van der Waals surface area contributed by atoms with E-state index in [0.29, 0.717) is 36.4 Å².